The van der Waals surface area contributed by atoms with Gasteiger partial charge in [0.15, 0.2) is 0 Å². The number of nitrogens with zero attached hydrogens (tertiary/aromatic N) is 3. The zero-order valence-electron chi connectivity index (χ0n) is 11.5. The van der Waals surface area contributed by atoms with E-state index in [2.05, 4.69) is 32.7 Å². The maximum Gasteiger partial charge on any atom is 0.138 e. The molecule has 2 aromatic rings. The third-order valence-corrected chi connectivity index (χ3v) is 2.90. The molecule has 1 aromatic carbocycles. The zero-order valence-corrected chi connectivity index (χ0v) is 11.5. The van der Waals surface area contributed by atoms with Gasteiger partial charge in [-0.3, -0.25) is 0 Å². The van der Waals surface area contributed by atoms with Crippen LogP contribution < -0.4 is 15.5 Å². The van der Waals surface area contributed by atoms with Crippen LogP contribution in [0, 0.1) is 0 Å². The average molecular weight is 257 g/mol. The number of hydrogen-bond donors (Lipinski definition) is 2. The number of rotatable bonds is 5. The minimum Gasteiger partial charge on any atom is -0.388 e. The van der Waals surface area contributed by atoms with E-state index in [1.54, 1.807) is 6.33 Å². The lowest BCUT2D eigenvalue weighted by atomic mass is 10.2. The quantitative estimate of drug-likeness (QED) is 0.862. The number of hydrogen-bond acceptors (Lipinski definition) is 5. The van der Waals surface area contributed by atoms with Crippen LogP contribution in [0.2, 0.25) is 0 Å². The standard InChI is InChI=1S/C14H19N5/c1-4-16-13-9-14(18-10-17-13)19(3)12-7-5-11(15-2)6-8-12/h5-10,15H,4H2,1-3H3,(H,16,17,18). The summed E-state index contributed by atoms with van der Waals surface area (Å²) in [6.45, 7) is 2.89. The van der Waals surface area contributed by atoms with E-state index < -0.39 is 0 Å². The van der Waals surface area contributed by atoms with E-state index in [1.165, 1.54) is 0 Å². The summed E-state index contributed by atoms with van der Waals surface area (Å²) < 4.78 is 0. The average Bonchev–Trinajstić information content (AvgIpc) is 2.47. The number of aromatic nitrogens is 2. The Labute approximate surface area is 113 Å². The van der Waals surface area contributed by atoms with Gasteiger partial charge in [-0.15, -0.1) is 0 Å². The van der Waals surface area contributed by atoms with E-state index in [0.29, 0.717) is 0 Å². The summed E-state index contributed by atoms with van der Waals surface area (Å²) in [5.74, 6) is 1.70. The molecule has 0 aliphatic rings. The molecule has 0 spiro atoms. The highest BCUT2D eigenvalue weighted by molar-refractivity contribution is 5.63. The normalized spacial score (nSPS) is 10.1. The van der Waals surface area contributed by atoms with Gasteiger partial charge in [0.05, 0.1) is 0 Å². The highest BCUT2D eigenvalue weighted by Crippen LogP contribution is 2.24. The van der Waals surface area contributed by atoms with Crippen molar-refractivity contribution in [3.63, 3.8) is 0 Å². The molecule has 1 heterocycles. The van der Waals surface area contributed by atoms with E-state index in [-0.39, 0.29) is 0 Å². The third-order valence-electron chi connectivity index (χ3n) is 2.90. The van der Waals surface area contributed by atoms with Gasteiger partial charge in [0.25, 0.3) is 0 Å². The molecular formula is C14H19N5. The molecule has 0 saturated carbocycles. The first-order chi connectivity index (χ1) is 9.24. The highest BCUT2D eigenvalue weighted by Gasteiger charge is 2.06. The maximum atomic E-state index is 4.30. The Hall–Kier alpha value is -2.30. The van der Waals surface area contributed by atoms with Gasteiger partial charge >= 0.3 is 0 Å². The summed E-state index contributed by atoms with van der Waals surface area (Å²) >= 11 is 0. The van der Waals surface area contributed by atoms with E-state index in [1.807, 2.05) is 44.1 Å². The van der Waals surface area contributed by atoms with E-state index >= 15 is 0 Å². The van der Waals surface area contributed by atoms with Crippen molar-refractivity contribution in [1.29, 1.82) is 0 Å². The second-order valence-corrected chi connectivity index (χ2v) is 4.15. The molecule has 0 radical (unpaired) electrons. The molecule has 5 nitrogen and oxygen atoms in total. The Morgan fingerprint density at radius 1 is 1.16 bits per heavy atom. The molecule has 1 aromatic heterocycles. The first kappa shape index (κ1) is 13.1. The molecule has 5 heteroatoms. The van der Waals surface area contributed by atoms with Crippen molar-refractivity contribution in [1.82, 2.24) is 9.97 Å². The fourth-order valence-corrected chi connectivity index (χ4v) is 1.79. The van der Waals surface area contributed by atoms with Gasteiger partial charge in [-0.1, -0.05) is 0 Å². The molecular weight excluding hydrogens is 238 g/mol. The summed E-state index contributed by atoms with van der Waals surface area (Å²) in [7, 11) is 3.90. The summed E-state index contributed by atoms with van der Waals surface area (Å²) in [4.78, 5) is 10.5. The van der Waals surface area contributed by atoms with Gasteiger partial charge in [0.1, 0.15) is 18.0 Å². The van der Waals surface area contributed by atoms with Gasteiger partial charge in [-0.25, -0.2) is 9.97 Å². The number of benzene rings is 1. The molecule has 0 amide bonds. The Morgan fingerprint density at radius 3 is 2.53 bits per heavy atom. The fraction of sp³-hybridized carbons (Fsp3) is 0.286. The van der Waals surface area contributed by atoms with Gasteiger partial charge in [0.2, 0.25) is 0 Å². The number of anilines is 4. The first-order valence-corrected chi connectivity index (χ1v) is 6.32. The predicted octanol–water partition coefficient (Wildman–Crippen LogP) is 2.72. The largest absolute Gasteiger partial charge is 0.388 e. The van der Waals surface area contributed by atoms with Gasteiger partial charge < -0.3 is 15.5 Å². The third kappa shape index (κ3) is 3.13. The predicted molar refractivity (Wildman–Crippen MR) is 80.2 cm³/mol. The Bertz CT molecular complexity index is 524. The van der Waals surface area contributed by atoms with Crippen molar-refractivity contribution in [2.24, 2.45) is 0 Å². The van der Waals surface area contributed by atoms with Crippen molar-refractivity contribution in [3.8, 4) is 0 Å². The minimum atomic E-state index is 0.839. The van der Waals surface area contributed by atoms with E-state index in [9.17, 15) is 0 Å². The van der Waals surface area contributed by atoms with Crippen molar-refractivity contribution in [2.45, 2.75) is 6.92 Å². The van der Waals surface area contributed by atoms with Crippen LogP contribution in [0.25, 0.3) is 0 Å². The lowest BCUT2D eigenvalue weighted by Crippen LogP contribution is -2.12. The smallest absolute Gasteiger partial charge is 0.138 e. The topological polar surface area (TPSA) is 53.1 Å². The van der Waals surface area contributed by atoms with Crippen LogP contribution >= 0.6 is 0 Å². The molecule has 2 rings (SSSR count). The molecule has 2 N–H and O–H groups in total. The lowest BCUT2D eigenvalue weighted by Gasteiger charge is -2.19. The summed E-state index contributed by atoms with van der Waals surface area (Å²) in [5.41, 5.74) is 2.17. The Balaban J connectivity index is 2.22. The maximum absolute atomic E-state index is 4.30. The molecule has 0 saturated heterocycles. The monoisotopic (exact) mass is 257 g/mol. The van der Waals surface area contributed by atoms with Crippen LogP contribution in [0.4, 0.5) is 23.0 Å². The summed E-state index contributed by atoms with van der Waals surface area (Å²) in [5, 5.41) is 6.29. The Morgan fingerprint density at radius 2 is 1.89 bits per heavy atom. The van der Waals surface area contributed by atoms with Crippen molar-refractivity contribution >= 4 is 23.0 Å². The number of nitrogens with one attached hydrogen (secondary N) is 2. The molecule has 0 aliphatic carbocycles. The molecule has 0 fully saturated rings. The van der Waals surface area contributed by atoms with Crippen molar-refractivity contribution in [3.05, 3.63) is 36.7 Å². The van der Waals surface area contributed by atoms with Crippen LogP contribution in [-0.2, 0) is 0 Å². The van der Waals surface area contributed by atoms with E-state index in [0.717, 1.165) is 29.6 Å². The first-order valence-electron chi connectivity index (χ1n) is 6.32. The molecule has 0 atom stereocenters. The van der Waals surface area contributed by atoms with Crippen LogP contribution in [-0.4, -0.2) is 30.6 Å². The zero-order chi connectivity index (χ0) is 13.7. The molecule has 0 bridgehead atoms. The highest BCUT2D eigenvalue weighted by atomic mass is 15.2. The van der Waals surface area contributed by atoms with Crippen LogP contribution in [0.3, 0.4) is 0 Å². The molecule has 100 valence electrons. The minimum absolute atomic E-state index is 0.839. The summed E-state index contributed by atoms with van der Waals surface area (Å²) in [6.07, 6.45) is 1.58. The molecule has 0 aliphatic heterocycles. The lowest BCUT2D eigenvalue weighted by molar-refractivity contribution is 1.06. The van der Waals surface area contributed by atoms with Crippen LogP contribution in [0.1, 0.15) is 6.92 Å². The SMILES string of the molecule is CCNc1cc(N(C)c2ccc(NC)cc2)ncn1. The van der Waals surface area contributed by atoms with Crippen LogP contribution in [0.5, 0.6) is 0 Å². The van der Waals surface area contributed by atoms with E-state index in [4.69, 9.17) is 0 Å². The molecule has 0 unspecified atom stereocenters. The van der Waals surface area contributed by atoms with Crippen molar-refractivity contribution in [2.75, 3.05) is 36.2 Å². The van der Waals surface area contributed by atoms with Crippen molar-refractivity contribution < 1.29 is 0 Å². The summed E-state index contributed by atoms with van der Waals surface area (Å²) in [6, 6.07) is 10.1. The Kier molecular flexibility index (Phi) is 4.18. The van der Waals surface area contributed by atoms with Gasteiger partial charge in [-0.2, -0.15) is 0 Å². The van der Waals surface area contributed by atoms with Gasteiger partial charge in [-0.05, 0) is 31.2 Å². The molecule has 19 heavy (non-hydrogen) atoms. The van der Waals surface area contributed by atoms with Gasteiger partial charge in [0, 0.05) is 38.1 Å². The second kappa shape index (κ2) is 6.04. The van der Waals surface area contributed by atoms with Crippen LogP contribution in [0.15, 0.2) is 36.7 Å². The second-order valence-electron chi connectivity index (χ2n) is 4.15. The fourth-order valence-electron chi connectivity index (χ4n) is 1.79.